The number of hydrogen-bond acceptors (Lipinski definition) is 4. The van der Waals surface area contributed by atoms with Crippen molar-refractivity contribution in [2.75, 3.05) is 32.7 Å². The van der Waals surface area contributed by atoms with Gasteiger partial charge in [0.25, 0.3) is 0 Å². The molecule has 6 heteroatoms. The molecule has 0 aliphatic carbocycles. The Bertz CT molecular complexity index is 530. The minimum atomic E-state index is -0.638. The van der Waals surface area contributed by atoms with Crippen LogP contribution in [0, 0.1) is 12.7 Å². The van der Waals surface area contributed by atoms with Crippen LogP contribution in [-0.4, -0.2) is 59.6 Å². The van der Waals surface area contributed by atoms with Crippen LogP contribution in [0.2, 0.25) is 0 Å². The number of nitrogens with two attached hydrogens (primary N) is 1. The molecule has 1 aromatic rings. The zero-order valence-corrected chi connectivity index (χ0v) is 13.1. The van der Waals surface area contributed by atoms with Crippen LogP contribution in [0.25, 0.3) is 0 Å². The Morgan fingerprint density at radius 1 is 1.36 bits per heavy atom. The third-order valence-electron chi connectivity index (χ3n) is 4.39. The molecule has 1 fully saturated rings. The highest BCUT2D eigenvalue weighted by Crippen LogP contribution is 2.20. The number of β-amino-alcohol motifs (C(OH)–C–C–N with tert-alkyl or cyclic N) is 1. The summed E-state index contributed by atoms with van der Waals surface area (Å²) in [6, 6.07) is 4.19. The molecule has 2 rings (SSSR count). The number of carbonyl (C=O) groups is 1. The lowest BCUT2D eigenvalue weighted by molar-refractivity contribution is -0.123. The molecule has 0 aromatic heterocycles. The monoisotopic (exact) mass is 309 g/mol. The van der Waals surface area contributed by atoms with Gasteiger partial charge < -0.3 is 10.8 Å². The molecule has 122 valence electrons. The molecule has 0 spiro atoms. The van der Waals surface area contributed by atoms with Crippen molar-refractivity contribution in [1.29, 1.82) is 0 Å². The van der Waals surface area contributed by atoms with Crippen molar-refractivity contribution in [2.45, 2.75) is 26.0 Å². The SMILES string of the molecule is Cc1cc(F)ccc1C(O)CN1CCN(C(C)C(N)=O)CC1. The zero-order valence-electron chi connectivity index (χ0n) is 13.1. The van der Waals surface area contributed by atoms with Gasteiger partial charge in [0.2, 0.25) is 5.91 Å². The quantitative estimate of drug-likeness (QED) is 0.838. The molecular weight excluding hydrogens is 285 g/mol. The van der Waals surface area contributed by atoms with E-state index in [0.717, 1.165) is 37.3 Å². The summed E-state index contributed by atoms with van der Waals surface area (Å²) < 4.78 is 13.1. The molecule has 3 N–H and O–H groups in total. The molecule has 0 saturated carbocycles. The Morgan fingerprint density at radius 2 is 2.00 bits per heavy atom. The Kier molecular flexibility index (Phi) is 5.50. The van der Waals surface area contributed by atoms with Crippen molar-refractivity contribution in [1.82, 2.24) is 9.80 Å². The van der Waals surface area contributed by atoms with Gasteiger partial charge in [0.1, 0.15) is 5.82 Å². The number of benzene rings is 1. The van der Waals surface area contributed by atoms with Gasteiger partial charge in [-0.15, -0.1) is 0 Å². The van der Waals surface area contributed by atoms with Gasteiger partial charge in [-0.25, -0.2) is 4.39 Å². The van der Waals surface area contributed by atoms with Crippen molar-refractivity contribution in [3.63, 3.8) is 0 Å². The van der Waals surface area contributed by atoms with Crippen LogP contribution < -0.4 is 5.73 Å². The van der Waals surface area contributed by atoms with Gasteiger partial charge in [-0.05, 0) is 37.1 Å². The lowest BCUT2D eigenvalue weighted by Gasteiger charge is -2.37. The standard InChI is InChI=1S/C16H24FN3O2/c1-11-9-13(17)3-4-14(11)15(21)10-19-5-7-20(8-6-19)12(2)16(18)22/h3-4,9,12,15,21H,5-8,10H2,1-2H3,(H2,18,22). The fraction of sp³-hybridized carbons (Fsp3) is 0.562. The fourth-order valence-corrected chi connectivity index (χ4v) is 2.87. The lowest BCUT2D eigenvalue weighted by Crippen LogP contribution is -2.53. The number of piperazine rings is 1. The first-order chi connectivity index (χ1) is 10.4. The minimum absolute atomic E-state index is 0.258. The second-order valence-corrected chi connectivity index (χ2v) is 5.93. The van der Waals surface area contributed by atoms with Gasteiger partial charge in [-0.3, -0.25) is 14.6 Å². The number of amides is 1. The molecule has 0 bridgehead atoms. The van der Waals surface area contributed by atoms with Crippen LogP contribution in [-0.2, 0) is 4.79 Å². The number of carbonyl (C=O) groups excluding carboxylic acids is 1. The summed E-state index contributed by atoms with van der Waals surface area (Å²) in [6.45, 7) is 7.16. The third-order valence-corrected chi connectivity index (χ3v) is 4.39. The number of halogens is 1. The van der Waals surface area contributed by atoms with Gasteiger partial charge >= 0.3 is 0 Å². The largest absolute Gasteiger partial charge is 0.387 e. The second-order valence-electron chi connectivity index (χ2n) is 5.93. The molecule has 2 atom stereocenters. The molecule has 22 heavy (non-hydrogen) atoms. The van der Waals surface area contributed by atoms with E-state index in [9.17, 15) is 14.3 Å². The van der Waals surface area contributed by atoms with Gasteiger partial charge in [-0.2, -0.15) is 0 Å². The molecule has 1 aromatic carbocycles. The van der Waals surface area contributed by atoms with E-state index in [1.54, 1.807) is 13.0 Å². The number of aryl methyl sites for hydroxylation is 1. The summed E-state index contributed by atoms with van der Waals surface area (Å²) in [5, 5.41) is 10.4. The lowest BCUT2D eigenvalue weighted by atomic mass is 10.0. The molecule has 2 unspecified atom stereocenters. The van der Waals surface area contributed by atoms with Crippen LogP contribution in [0.15, 0.2) is 18.2 Å². The number of nitrogens with zero attached hydrogens (tertiary/aromatic N) is 2. The maximum absolute atomic E-state index is 13.1. The molecule has 5 nitrogen and oxygen atoms in total. The molecule has 1 amide bonds. The highest BCUT2D eigenvalue weighted by molar-refractivity contribution is 5.79. The summed E-state index contributed by atoms with van der Waals surface area (Å²) in [5.74, 6) is -0.599. The second kappa shape index (κ2) is 7.17. The smallest absolute Gasteiger partial charge is 0.234 e. The van der Waals surface area contributed by atoms with Crippen molar-refractivity contribution >= 4 is 5.91 Å². The average molecular weight is 309 g/mol. The molecule has 1 heterocycles. The van der Waals surface area contributed by atoms with Crippen molar-refractivity contribution < 1.29 is 14.3 Å². The summed E-state index contributed by atoms with van der Waals surface area (Å²) in [7, 11) is 0. The summed E-state index contributed by atoms with van der Waals surface area (Å²) >= 11 is 0. The maximum atomic E-state index is 13.1. The Balaban J connectivity index is 1.89. The van der Waals surface area contributed by atoms with E-state index in [-0.39, 0.29) is 17.8 Å². The van der Waals surface area contributed by atoms with E-state index in [0.29, 0.717) is 6.54 Å². The van der Waals surface area contributed by atoms with Gasteiger partial charge in [-0.1, -0.05) is 6.07 Å². The molecule has 0 radical (unpaired) electrons. The number of rotatable bonds is 5. The third kappa shape index (κ3) is 4.03. The van der Waals surface area contributed by atoms with E-state index in [4.69, 9.17) is 5.73 Å². The molecular formula is C16H24FN3O2. The first-order valence-electron chi connectivity index (χ1n) is 7.58. The van der Waals surface area contributed by atoms with Crippen LogP contribution in [0.1, 0.15) is 24.2 Å². The van der Waals surface area contributed by atoms with E-state index < -0.39 is 6.10 Å². The molecule has 1 aliphatic rings. The maximum Gasteiger partial charge on any atom is 0.234 e. The highest BCUT2D eigenvalue weighted by atomic mass is 19.1. The van der Waals surface area contributed by atoms with E-state index >= 15 is 0 Å². The Morgan fingerprint density at radius 3 is 2.55 bits per heavy atom. The van der Waals surface area contributed by atoms with Crippen LogP contribution in [0.4, 0.5) is 4.39 Å². The number of aliphatic hydroxyl groups is 1. The normalized spacial score (nSPS) is 19.8. The predicted molar refractivity (Wildman–Crippen MR) is 82.8 cm³/mol. The van der Waals surface area contributed by atoms with Crippen molar-refractivity contribution in [3.8, 4) is 0 Å². The predicted octanol–water partition coefficient (Wildman–Crippen LogP) is 0.659. The summed E-state index contributed by atoms with van der Waals surface area (Å²) in [6.07, 6.45) is -0.638. The van der Waals surface area contributed by atoms with Crippen molar-refractivity contribution in [2.24, 2.45) is 5.73 Å². The number of hydrogen-bond donors (Lipinski definition) is 2. The van der Waals surface area contributed by atoms with Crippen LogP contribution in [0.5, 0.6) is 0 Å². The van der Waals surface area contributed by atoms with E-state index in [1.807, 2.05) is 11.8 Å². The molecule has 1 aliphatic heterocycles. The van der Waals surface area contributed by atoms with E-state index in [1.165, 1.54) is 12.1 Å². The van der Waals surface area contributed by atoms with Crippen molar-refractivity contribution in [3.05, 3.63) is 35.1 Å². The minimum Gasteiger partial charge on any atom is -0.387 e. The first-order valence-corrected chi connectivity index (χ1v) is 7.58. The Labute approximate surface area is 130 Å². The first kappa shape index (κ1) is 16.9. The number of primary amides is 1. The topological polar surface area (TPSA) is 69.8 Å². The average Bonchev–Trinajstić information content (AvgIpc) is 2.47. The zero-order chi connectivity index (χ0) is 16.3. The van der Waals surface area contributed by atoms with Gasteiger partial charge in [0, 0.05) is 32.7 Å². The number of aliphatic hydroxyl groups excluding tert-OH is 1. The van der Waals surface area contributed by atoms with Gasteiger partial charge in [0.15, 0.2) is 0 Å². The van der Waals surface area contributed by atoms with E-state index in [2.05, 4.69) is 4.90 Å². The van der Waals surface area contributed by atoms with Crippen LogP contribution in [0.3, 0.4) is 0 Å². The van der Waals surface area contributed by atoms with Crippen LogP contribution >= 0.6 is 0 Å². The fourth-order valence-electron chi connectivity index (χ4n) is 2.87. The summed E-state index contributed by atoms with van der Waals surface area (Å²) in [4.78, 5) is 15.4. The van der Waals surface area contributed by atoms with Gasteiger partial charge in [0.05, 0.1) is 12.1 Å². The highest BCUT2D eigenvalue weighted by Gasteiger charge is 2.25. The Hall–Kier alpha value is -1.50. The summed E-state index contributed by atoms with van der Waals surface area (Å²) in [5.41, 5.74) is 6.84. The molecule has 1 saturated heterocycles.